The molecular formula is C27H50N2O2. The molecule has 0 saturated heterocycles. The molecule has 2 atom stereocenters. The summed E-state index contributed by atoms with van der Waals surface area (Å²) in [4.78, 5) is 10.3. The molecule has 0 fully saturated rings. The lowest BCUT2D eigenvalue weighted by Crippen LogP contribution is -2.51. The molecule has 0 bridgehead atoms. The van der Waals surface area contributed by atoms with Crippen LogP contribution in [-0.2, 0) is 9.47 Å². The lowest BCUT2D eigenvalue weighted by molar-refractivity contribution is -0.0433. The first-order valence-electron chi connectivity index (χ1n) is 12.8. The van der Waals surface area contributed by atoms with Crippen molar-refractivity contribution >= 4 is 11.8 Å². The molecule has 2 heterocycles. The number of hydrogen-bond donors (Lipinski definition) is 0. The fourth-order valence-electron chi connectivity index (χ4n) is 6.15. The number of ether oxygens (including phenoxy) is 2. The van der Waals surface area contributed by atoms with E-state index >= 15 is 0 Å². The summed E-state index contributed by atoms with van der Waals surface area (Å²) in [6.07, 6.45) is 2.67. The van der Waals surface area contributed by atoms with Crippen LogP contribution >= 0.6 is 0 Å². The molecule has 0 unspecified atom stereocenters. The van der Waals surface area contributed by atoms with Gasteiger partial charge in [-0.1, -0.05) is 83.1 Å². The third kappa shape index (κ3) is 4.98. The van der Waals surface area contributed by atoms with Crippen molar-refractivity contribution in [2.45, 2.75) is 126 Å². The smallest absolute Gasteiger partial charge is 0.193 e. The molecule has 4 nitrogen and oxygen atoms in total. The number of nitrogens with zero attached hydrogens (tertiary/aromatic N) is 2. The maximum absolute atomic E-state index is 6.74. The van der Waals surface area contributed by atoms with Gasteiger partial charge in [0, 0.05) is 0 Å². The summed E-state index contributed by atoms with van der Waals surface area (Å²) >= 11 is 0. The van der Waals surface area contributed by atoms with Gasteiger partial charge in [0.1, 0.15) is 11.2 Å². The normalized spacial score (nSPS) is 25.1. The van der Waals surface area contributed by atoms with Crippen molar-refractivity contribution in [1.82, 2.24) is 0 Å². The van der Waals surface area contributed by atoms with Crippen LogP contribution in [0.5, 0.6) is 0 Å². The highest BCUT2D eigenvalue weighted by Crippen LogP contribution is 2.45. The molecule has 0 radical (unpaired) electrons. The summed E-state index contributed by atoms with van der Waals surface area (Å²) in [6, 6.07) is 0.381. The van der Waals surface area contributed by atoms with Crippen molar-refractivity contribution in [2.75, 3.05) is 0 Å². The van der Waals surface area contributed by atoms with E-state index in [2.05, 4.69) is 83.1 Å². The quantitative estimate of drug-likeness (QED) is 0.366. The average Bonchev–Trinajstić information content (AvgIpc) is 3.13. The van der Waals surface area contributed by atoms with Gasteiger partial charge >= 0.3 is 0 Å². The second-order valence-corrected chi connectivity index (χ2v) is 12.0. The molecule has 0 amide bonds. The van der Waals surface area contributed by atoms with Crippen molar-refractivity contribution in [1.29, 1.82) is 0 Å². The van der Waals surface area contributed by atoms with Crippen molar-refractivity contribution in [3.05, 3.63) is 0 Å². The van der Waals surface area contributed by atoms with Crippen molar-refractivity contribution < 1.29 is 9.47 Å². The Labute approximate surface area is 192 Å². The molecule has 0 aliphatic carbocycles. The Hall–Kier alpha value is -1.06. The predicted molar refractivity (Wildman–Crippen MR) is 133 cm³/mol. The Morgan fingerprint density at radius 3 is 1.10 bits per heavy atom. The van der Waals surface area contributed by atoms with Gasteiger partial charge in [-0.2, -0.15) is 0 Å². The second-order valence-electron chi connectivity index (χ2n) is 12.0. The van der Waals surface area contributed by atoms with Crippen LogP contribution in [0.1, 0.15) is 102 Å². The maximum atomic E-state index is 6.74. The van der Waals surface area contributed by atoms with Gasteiger partial charge in [0.25, 0.3) is 0 Å². The van der Waals surface area contributed by atoms with Crippen LogP contribution in [0.25, 0.3) is 0 Å². The molecule has 2 aliphatic rings. The second kappa shape index (κ2) is 9.83. The van der Waals surface area contributed by atoms with Crippen molar-refractivity contribution in [3.63, 3.8) is 0 Å². The van der Waals surface area contributed by atoms with Crippen LogP contribution in [-0.4, -0.2) is 35.1 Å². The molecule has 0 aromatic heterocycles. The predicted octanol–water partition coefficient (Wildman–Crippen LogP) is 7.16. The van der Waals surface area contributed by atoms with Gasteiger partial charge in [-0.15, -0.1) is 0 Å². The van der Waals surface area contributed by atoms with Gasteiger partial charge < -0.3 is 9.47 Å². The molecule has 0 N–H and O–H groups in total. The Morgan fingerprint density at radius 1 is 0.581 bits per heavy atom. The molecule has 0 spiro atoms. The van der Waals surface area contributed by atoms with E-state index in [0.717, 1.165) is 24.6 Å². The van der Waals surface area contributed by atoms with Crippen LogP contribution < -0.4 is 0 Å². The van der Waals surface area contributed by atoms with Gasteiger partial charge in [0.2, 0.25) is 0 Å². The van der Waals surface area contributed by atoms with Gasteiger partial charge in [-0.05, 0) is 48.3 Å². The summed E-state index contributed by atoms with van der Waals surface area (Å²) in [5.41, 5.74) is -0.493. The van der Waals surface area contributed by atoms with Crippen LogP contribution in [0.4, 0.5) is 0 Å². The monoisotopic (exact) mass is 434 g/mol. The highest BCUT2D eigenvalue weighted by atomic mass is 16.5. The molecule has 2 rings (SSSR count). The first kappa shape index (κ1) is 26.2. The first-order valence-corrected chi connectivity index (χ1v) is 12.8. The van der Waals surface area contributed by atoms with Crippen LogP contribution in [0.15, 0.2) is 9.98 Å². The van der Waals surface area contributed by atoms with Gasteiger partial charge in [0.05, 0.1) is 18.5 Å². The third-order valence-electron chi connectivity index (χ3n) is 7.53. The molecule has 0 saturated carbocycles. The summed E-state index contributed by atoms with van der Waals surface area (Å²) in [5, 5.41) is 0. The minimum absolute atomic E-state index is 0.191. The number of hydrogen-bond acceptors (Lipinski definition) is 4. The van der Waals surface area contributed by atoms with E-state index in [1.54, 1.807) is 0 Å². The topological polar surface area (TPSA) is 43.2 Å². The molecule has 0 aromatic carbocycles. The van der Waals surface area contributed by atoms with Crippen molar-refractivity contribution in [3.8, 4) is 0 Å². The van der Waals surface area contributed by atoms with E-state index in [0.29, 0.717) is 41.9 Å². The molecular weight excluding hydrogens is 384 g/mol. The van der Waals surface area contributed by atoms with Gasteiger partial charge in [0.15, 0.2) is 11.8 Å². The SMILES string of the molecule is CC(C)C[C@H]1N=C(CC2=N[C@H](CC(C)C)C(C(C)C)(C(C)C)O2)OC1(C(C)C)C(C)C. The van der Waals surface area contributed by atoms with Crippen LogP contribution in [0.2, 0.25) is 0 Å². The van der Waals surface area contributed by atoms with Crippen LogP contribution in [0.3, 0.4) is 0 Å². The van der Waals surface area contributed by atoms with E-state index in [9.17, 15) is 0 Å². The minimum Gasteiger partial charge on any atom is -0.471 e. The average molecular weight is 435 g/mol. The molecule has 4 heteroatoms. The zero-order valence-corrected chi connectivity index (χ0v) is 22.5. The van der Waals surface area contributed by atoms with Gasteiger partial charge in [-0.3, -0.25) is 0 Å². The zero-order chi connectivity index (χ0) is 23.7. The Morgan fingerprint density at radius 2 is 0.871 bits per heavy atom. The fraction of sp³-hybridized carbons (Fsp3) is 0.926. The van der Waals surface area contributed by atoms with E-state index in [1.165, 1.54) is 0 Å². The summed E-state index contributed by atoms with van der Waals surface area (Å²) in [5.74, 6) is 4.37. The fourth-order valence-corrected chi connectivity index (χ4v) is 6.15. The molecule has 31 heavy (non-hydrogen) atoms. The Balaban J connectivity index is 2.34. The van der Waals surface area contributed by atoms with E-state index in [-0.39, 0.29) is 23.3 Å². The minimum atomic E-state index is -0.247. The Kier molecular flexibility index (Phi) is 8.31. The maximum Gasteiger partial charge on any atom is 0.193 e. The van der Waals surface area contributed by atoms with E-state index in [4.69, 9.17) is 19.5 Å². The standard InChI is InChI=1S/C27H50N2O2/c1-16(2)13-22-26(18(5)6,19(7)8)30-24(28-22)15-25-29-23(14-17(3)4)27(31-25,20(9)10)21(11)12/h16-23H,13-15H2,1-12H3/t22-,23-/m1/s1. The summed E-state index contributed by atoms with van der Waals surface area (Å²) in [7, 11) is 0. The largest absolute Gasteiger partial charge is 0.471 e. The lowest BCUT2D eigenvalue weighted by Gasteiger charge is -2.42. The highest BCUT2D eigenvalue weighted by molar-refractivity contribution is 5.99. The van der Waals surface area contributed by atoms with Crippen molar-refractivity contribution in [2.24, 2.45) is 45.5 Å². The molecule has 180 valence electrons. The Bertz CT molecular complexity index is 586. The summed E-state index contributed by atoms with van der Waals surface area (Å²) in [6.45, 7) is 27.3. The molecule has 0 aromatic rings. The van der Waals surface area contributed by atoms with Gasteiger partial charge in [-0.25, -0.2) is 9.98 Å². The number of rotatable bonds is 10. The molecule has 2 aliphatic heterocycles. The van der Waals surface area contributed by atoms with E-state index in [1.807, 2.05) is 0 Å². The zero-order valence-electron chi connectivity index (χ0n) is 22.5. The summed E-state index contributed by atoms with van der Waals surface area (Å²) < 4.78 is 13.5. The van der Waals surface area contributed by atoms with E-state index < -0.39 is 0 Å². The number of aliphatic imine (C=N–C) groups is 2. The third-order valence-corrected chi connectivity index (χ3v) is 7.53. The van der Waals surface area contributed by atoms with Crippen LogP contribution in [0, 0.1) is 35.5 Å². The first-order chi connectivity index (χ1) is 14.3. The lowest BCUT2D eigenvalue weighted by atomic mass is 9.73. The highest BCUT2D eigenvalue weighted by Gasteiger charge is 2.54.